The van der Waals surface area contributed by atoms with E-state index >= 15 is 0 Å². The van der Waals surface area contributed by atoms with Crippen LogP contribution >= 0.6 is 0 Å². The standard InChI is InChI=1S/C54H82O25S.Na/c1-24(2)11-10-16-53(8)44-29(72-25(3)56)19-52(7)27-12-13-33-50(4,5)34(15-17-51(33,6)26(27)14-18-54(44,52)49(64)78-53)75-48-43(37(60)32(23-71-48)79-80(65,66)67)77-45-38(61)35(58)31(22-70-45)74-46-39(62)41(28(57)21-69-46)76-47-40(63)42(68-9)36(59)30(20-55)73-47;/h10-12,16,26,28-48,55,57-63H,13-15,17-23H2,1-9H3,(H,65,66,67);/q;+1/p-1/b16-10-;/t26-,28-,29+,30?,31-,32-,33+,34+,35?,36-,37?,38?,39?,40?,41?,42?,43?,44?,45+,46+,47+,48+,51-,52+,53+,54-;/m1./s1. The van der Waals surface area contributed by atoms with E-state index in [1.54, 1.807) is 0 Å². The Kier molecular flexibility index (Phi) is 19.8. The van der Waals surface area contributed by atoms with Gasteiger partial charge in [-0.3, -0.25) is 13.8 Å². The van der Waals surface area contributed by atoms with Crippen molar-refractivity contribution in [3.05, 3.63) is 35.5 Å². The second kappa shape index (κ2) is 24.5. The maximum Gasteiger partial charge on any atom is 1.00 e. The van der Waals surface area contributed by atoms with Gasteiger partial charge < -0.3 is 97.5 Å². The number of hydrogen-bond donors (Lipinski definition) is 8. The molecule has 26 atom stereocenters. The molecule has 9 aliphatic rings. The molecule has 0 aromatic heterocycles. The van der Waals surface area contributed by atoms with Crippen LogP contribution in [0, 0.1) is 39.4 Å². The number of aliphatic hydroxyl groups excluding tert-OH is 8. The van der Waals surface area contributed by atoms with Crippen molar-refractivity contribution in [1.82, 2.24) is 0 Å². The minimum atomic E-state index is -5.40. The number of rotatable bonds is 15. The second-order valence-electron chi connectivity index (χ2n) is 24.8. The Morgan fingerprint density at radius 1 is 0.765 bits per heavy atom. The summed E-state index contributed by atoms with van der Waals surface area (Å²) in [6, 6.07) is 0. The van der Waals surface area contributed by atoms with E-state index in [1.165, 1.54) is 14.0 Å². The molecule has 5 aliphatic heterocycles. The van der Waals surface area contributed by atoms with Gasteiger partial charge in [-0.2, -0.15) is 0 Å². The summed E-state index contributed by atoms with van der Waals surface area (Å²) in [5, 5.41) is 87.7. The molecule has 25 nitrogen and oxygen atoms in total. The first-order valence-corrected chi connectivity index (χ1v) is 28.9. The monoisotopic (exact) mass is 1180 g/mol. The zero-order chi connectivity index (χ0) is 58.4. The molecule has 1 spiro atoms. The molecular formula is C54H81NaO25S. The summed E-state index contributed by atoms with van der Waals surface area (Å²) in [6.07, 6.45) is -17.7. The van der Waals surface area contributed by atoms with E-state index in [9.17, 15) is 63.4 Å². The molecule has 8 N–H and O–H groups in total. The fraction of sp³-hybridized carbons (Fsp3) is 0.852. The molecule has 0 amide bonds. The number of cyclic esters (lactones) is 1. The number of methoxy groups -OCH3 is 1. The molecule has 0 aromatic rings. The van der Waals surface area contributed by atoms with E-state index in [1.807, 2.05) is 39.0 Å². The van der Waals surface area contributed by atoms with E-state index in [0.717, 1.165) is 11.1 Å². The molecule has 5 heterocycles. The fourth-order valence-corrected chi connectivity index (χ4v) is 16.1. The normalized spacial score (nSPS) is 48.6. The van der Waals surface area contributed by atoms with E-state index < -0.39 is 187 Å². The minimum Gasteiger partial charge on any atom is -0.726 e. The van der Waals surface area contributed by atoms with Gasteiger partial charge in [0, 0.05) is 19.4 Å². The Morgan fingerprint density at radius 2 is 1.41 bits per heavy atom. The van der Waals surface area contributed by atoms with E-state index in [2.05, 4.69) is 38.0 Å². The molecule has 0 aromatic carbocycles. The maximum absolute atomic E-state index is 14.6. The van der Waals surface area contributed by atoms with Gasteiger partial charge >= 0.3 is 41.5 Å². The Morgan fingerprint density at radius 3 is 2.06 bits per heavy atom. The molecule has 3 saturated carbocycles. The van der Waals surface area contributed by atoms with Gasteiger partial charge in [-0.1, -0.05) is 57.1 Å². The van der Waals surface area contributed by atoms with Crippen LogP contribution in [-0.4, -0.2) is 222 Å². The summed E-state index contributed by atoms with van der Waals surface area (Å²) in [6.45, 7) is 13.4. The van der Waals surface area contributed by atoms with Gasteiger partial charge in [-0.15, -0.1) is 0 Å². The van der Waals surface area contributed by atoms with E-state index in [-0.39, 0.29) is 52.8 Å². The average Bonchev–Trinajstić information content (AvgIpc) is 3.79. The topological polar surface area (TPSA) is 364 Å². The quantitative estimate of drug-likeness (QED) is 0.0199. The van der Waals surface area contributed by atoms with Crippen molar-refractivity contribution in [3.8, 4) is 0 Å². The summed E-state index contributed by atoms with van der Waals surface area (Å²) < 4.78 is 105. The van der Waals surface area contributed by atoms with Gasteiger partial charge in [-0.05, 0) is 88.0 Å². The number of ether oxygens (including phenoxy) is 11. The molecule has 0 bridgehead atoms. The predicted molar refractivity (Wildman–Crippen MR) is 269 cm³/mol. The average molecular weight is 1190 g/mol. The number of fused-ring (bicyclic) bond motifs is 4. The molecule has 5 saturated heterocycles. The van der Waals surface area contributed by atoms with Gasteiger partial charge in [0.15, 0.2) is 25.2 Å². The molecule has 10 unspecified atom stereocenters. The van der Waals surface area contributed by atoms with Crippen LogP contribution < -0.4 is 29.6 Å². The second-order valence-corrected chi connectivity index (χ2v) is 25.8. The van der Waals surface area contributed by atoms with Gasteiger partial charge in [0.25, 0.3) is 0 Å². The summed E-state index contributed by atoms with van der Waals surface area (Å²) in [7, 11) is -4.20. The van der Waals surface area contributed by atoms with Crippen molar-refractivity contribution in [2.45, 2.75) is 216 Å². The molecule has 8 fully saturated rings. The van der Waals surface area contributed by atoms with Crippen LogP contribution in [0.3, 0.4) is 0 Å². The number of carbonyl (C=O) groups is 2. The van der Waals surface area contributed by atoms with Crippen LogP contribution in [-0.2, 0) is 76.3 Å². The van der Waals surface area contributed by atoms with Gasteiger partial charge in [0.2, 0.25) is 10.4 Å². The maximum atomic E-state index is 14.6. The van der Waals surface area contributed by atoms with Crippen molar-refractivity contribution in [2.75, 3.05) is 33.5 Å². The fourth-order valence-electron chi connectivity index (χ4n) is 15.6. The first-order chi connectivity index (χ1) is 37.5. The molecule has 0 radical (unpaired) electrons. The minimum absolute atomic E-state index is 0. The molecule has 81 heavy (non-hydrogen) atoms. The predicted octanol–water partition coefficient (Wildman–Crippen LogP) is -3.33. The SMILES string of the molecule is COC1C(O)[C@H](OC2C(O)[C@H](O[C@@H]3CO[C@@H](OC4C(O)[C@H](OS(=O)(=O)[O-])CO[C@H]4O[C@H]4CC[C@]5(C)[C@@H]6CC[C@]78C(=O)O[C@@](C)(/C=C\C=C(C)C)C7[C@@H](OC(C)=O)C[C@@]8(C)C6=CC[C@H]5C4(C)C)C(O)C3O)OC[C@H]2O)OC(CO)[C@H]1O.[Na+]. The Balaban J connectivity index is 0.00000860. The Bertz CT molecular complexity index is 2480. The van der Waals surface area contributed by atoms with Crippen molar-refractivity contribution < 1.29 is 149 Å². The summed E-state index contributed by atoms with van der Waals surface area (Å²) in [5.74, 6) is -1.17. The Hall–Kier alpha value is -1.65. The number of aliphatic hydroxyl groups is 8. The third-order valence-corrected chi connectivity index (χ3v) is 19.9. The largest absolute Gasteiger partial charge is 1.00 e. The molecule has 27 heteroatoms. The Labute approximate surface area is 493 Å². The van der Waals surface area contributed by atoms with Gasteiger partial charge in [-0.25, -0.2) is 8.42 Å². The summed E-state index contributed by atoms with van der Waals surface area (Å²) in [4.78, 5) is 27.3. The third kappa shape index (κ3) is 11.7. The first kappa shape index (κ1) is 65.3. The van der Waals surface area contributed by atoms with E-state index in [0.29, 0.717) is 38.5 Å². The molecule has 4 aliphatic carbocycles. The smallest absolute Gasteiger partial charge is 0.726 e. The molecule has 9 rings (SSSR count). The first-order valence-electron chi connectivity index (χ1n) is 27.6. The van der Waals surface area contributed by atoms with Crippen molar-refractivity contribution in [1.29, 1.82) is 0 Å². The number of hydrogen-bond acceptors (Lipinski definition) is 25. The van der Waals surface area contributed by atoms with Crippen LogP contribution in [0.15, 0.2) is 35.5 Å². The van der Waals surface area contributed by atoms with Crippen molar-refractivity contribution in [3.63, 3.8) is 0 Å². The van der Waals surface area contributed by atoms with Gasteiger partial charge in [0.1, 0.15) is 91.1 Å². The van der Waals surface area contributed by atoms with E-state index in [4.69, 9.17) is 52.1 Å². The molecular weight excluding hydrogens is 1100 g/mol. The van der Waals surface area contributed by atoms with Crippen molar-refractivity contribution >= 4 is 22.3 Å². The van der Waals surface area contributed by atoms with Crippen LogP contribution in [0.1, 0.15) is 93.9 Å². The zero-order valence-electron chi connectivity index (χ0n) is 47.5. The number of esters is 2. The third-order valence-electron chi connectivity index (χ3n) is 19.4. The molecule has 454 valence electrons. The zero-order valence-corrected chi connectivity index (χ0v) is 50.3. The summed E-state index contributed by atoms with van der Waals surface area (Å²) in [5.41, 5.74) is -1.44. The summed E-state index contributed by atoms with van der Waals surface area (Å²) >= 11 is 0. The van der Waals surface area contributed by atoms with Gasteiger partial charge in [0.05, 0.1) is 43.9 Å². The van der Waals surface area contributed by atoms with Crippen LogP contribution in [0.25, 0.3) is 0 Å². The van der Waals surface area contributed by atoms with Crippen LogP contribution in [0.2, 0.25) is 0 Å². The number of carbonyl (C=O) groups excluding carboxylic acids is 2. The number of allylic oxidation sites excluding steroid dienone is 5. The van der Waals surface area contributed by atoms with Crippen molar-refractivity contribution in [2.24, 2.45) is 39.4 Å². The van der Waals surface area contributed by atoms with Crippen LogP contribution in [0.4, 0.5) is 0 Å². The van der Waals surface area contributed by atoms with Crippen LogP contribution in [0.5, 0.6) is 0 Å².